The highest BCUT2D eigenvalue weighted by Gasteiger charge is 2.33. The third-order valence-corrected chi connectivity index (χ3v) is 6.70. The fraction of sp³-hybridized carbons (Fsp3) is 0.636. The van der Waals surface area contributed by atoms with Gasteiger partial charge in [0.25, 0.3) is 0 Å². The summed E-state index contributed by atoms with van der Waals surface area (Å²) in [5.74, 6) is 1.56. The zero-order valence-electron chi connectivity index (χ0n) is 8.93. The summed E-state index contributed by atoms with van der Waals surface area (Å²) in [7, 11) is -2.75. The Morgan fingerprint density at radius 1 is 1.56 bits per heavy atom. The van der Waals surface area contributed by atoms with Crippen LogP contribution in [0.1, 0.15) is 11.3 Å². The highest BCUT2D eigenvalue weighted by atomic mass is 79.9. The van der Waals surface area contributed by atoms with Gasteiger partial charge in [0.1, 0.15) is 0 Å². The van der Waals surface area contributed by atoms with Crippen LogP contribution in [0, 0.1) is 11.8 Å². The van der Waals surface area contributed by atoms with Gasteiger partial charge in [-0.1, -0.05) is 22.0 Å². The first-order chi connectivity index (χ1) is 7.61. The quantitative estimate of drug-likeness (QED) is 0.799. The number of alkyl halides is 1. The molecule has 1 aliphatic rings. The molecule has 1 aliphatic heterocycles. The van der Waals surface area contributed by atoms with Crippen molar-refractivity contribution in [2.45, 2.75) is 12.8 Å². The Labute approximate surface area is 109 Å². The predicted molar refractivity (Wildman–Crippen MR) is 72.1 cm³/mol. The van der Waals surface area contributed by atoms with E-state index in [4.69, 9.17) is 0 Å². The molecule has 2 nitrogen and oxygen atoms in total. The second-order valence-electron chi connectivity index (χ2n) is 4.36. The Morgan fingerprint density at radius 3 is 2.88 bits per heavy atom. The van der Waals surface area contributed by atoms with Crippen LogP contribution in [-0.2, 0) is 16.3 Å². The van der Waals surface area contributed by atoms with E-state index in [1.165, 1.54) is 4.88 Å². The summed E-state index contributed by atoms with van der Waals surface area (Å²) < 4.78 is 22.9. The van der Waals surface area contributed by atoms with Crippen molar-refractivity contribution in [2.24, 2.45) is 11.8 Å². The minimum absolute atomic E-state index is 0.339. The minimum Gasteiger partial charge on any atom is -0.229 e. The average molecular weight is 323 g/mol. The summed E-state index contributed by atoms with van der Waals surface area (Å²) in [6, 6.07) is 4.18. The summed E-state index contributed by atoms with van der Waals surface area (Å²) in [6.07, 6.45) is 1.84. The monoisotopic (exact) mass is 322 g/mol. The topological polar surface area (TPSA) is 34.1 Å². The van der Waals surface area contributed by atoms with Crippen molar-refractivity contribution in [1.29, 1.82) is 0 Å². The average Bonchev–Trinajstić information content (AvgIpc) is 2.83. The van der Waals surface area contributed by atoms with Gasteiger partial charge in [0.2, 0.25) is 0 Å². The molecule has 0 amide bonds. The van der Waals surface area contributed by atoms with Gasteiger partial charge in [-0.05, 0) is 36.1 Å². The van der Waals surface area contributed by atoms with Gasteiger partial charge in [0.05, 0.1) is 11.5 Å². The Morgan fingerprint density at radius 2 is 2.38 bits per heavy atom. The molecule has 0 bridgehead atoms. The SMILES string of the molecule is O=S1(=O)CCC(C(CBr)Cc2cccs2)C1. The molecule has 0 spiro atoms. The molecule has 0 aromatic carbocycles. The van der Waals surface area contributed by atoms with Gasteiger partial charge in [-0.25, -0.2) is 8.42 Å². The summed E-state index contributed by atoms with van der Waals surface area (Å²) in [6.45, 7) is 0. The van der Waals surface area contributed by atoms with Crippen molar-refractivity contribution in [2.75, 3.05) is 16.8 Å². The molecule has 2 unspecified atom stereocenters. The summed E-state index contributed by atoms with van der Waals surface area (Å²) in [5, 5.41) is 2.97. The molecule has 1 fully saturated rings. The van der Waals surface area contributed by atoms with Gasteiger partial charge >= 0.3 is 0 Å². The fourth-order valence-corrected chi connectivity index (χ4v) is 5.71. The van der Waals surface area contributed by atoms with Crippen LogP contribution in [0.3, 0.4) is 0 Å². The van der Waals surface area contributed by atoms with Crippen LogP contribution < -0.4 is 0 Å². The van der Waals surface area contributed by atoms with Gasteiger partial charge in [-0.2, -0.15) is 0 Å². The van der Waals surface area contributed by atoms with Gasteiger partial charge in [-0.15, -0.1) is 11.3 Å². The molecule has 2 atom stereocenters. The van der Waals surface area contributed by atoms with Crippen LogP contribution in [-0.4, -0.2) is 25.3 Å². The lowest BCUT2D eigenvalue weighted by molar-refractivity contribution is 0.404. The van der Waals surface area contributed by atoms with Crippen molar-refractivity contribution < 1.29 is 8.42 Å². The van der Waals surface area contributed by atoms with Gasteiger partial charge in [-0.3, -0.25) is 0 Å². The normalized spacial score (nSPS) is 25.7. The van der Waals surface area contributed by atoms with E-state index in [1.807, 2.05) is 0 Å². The summed E-state index contributed by atoms with van der Waals surface area (Å²) in [4.78, 5) is 1.36. The smallest absolute Gasteiger partial charge is 0.150 e. The fourth-order valence-electron chi connectivity index (χ4n) is 2.23. The number of hydrogen-bond donors (Lipinski definition) is 0. The van der Waals surface area contributed by atoms with Crippen LogP contribution in [0.25, 0.3) is 0 Å². The van der Waals surface area contributed by atoms with Crippen molar-refractivity contribution >= 4 is 37.1 Å². The predicted octanol–water partition coefficient (Wildman–Crippen LogP) is 2.74. The largest absolute Gasteiger partial charge is 0.229 e. The van der Waals surface area contributed by atoms with E-state index in [0.29, 0.717) is 23.3 Å². The molecule has 1 aromatic heterocycles. The van der Waals surface area contributed by atoms with Crippen LogP contribution in [0.2, 0.25) is 0 Å². The maximum Gasteiger partial charge on any atom is 0.150 e. The second-order valence-corrected chi connectivity index (χ2v) is 8.27. The van der Waals surface area contributed by atoms with Gasteiger partial charge in [0, 0.05) is 10.2 Å². The molecule has 0 radical (unpaired) electrons. The zero-order chi connectivity index (χ0) is 11.6. The number of hydrogen-bond acceptors (Lipinski definition) is 3. The molecule has 0 aliphatic carbocycles. The van der Waals surface area contributed by atoms with E-state index in [2.05, 4.69) is 33.4 Å². The van der Waals surface area contributed by atoms with Crippen molar-refractivity contribution in [3.05, 3.63) is 22.4 Å². The first-order valence-corrected chi connectivity index (χ1v) is 9.22. The Bertz CT molecular complexity index is 425. The Kier molecular flexibility index (Phi) is 4.08. The van der Waals surface area contributed by atoms with E-state index in [0.717, 1.165) is 18.2 Å². The van der Waals surface area contributed by atoms with E-state index in [1.54, 1.807) is 11.3 Å². The van der Waals surface area contributed by atoms with E-state index < -0.39 is 9.84 Å². The first-order valence-electron chi connectivity index (χ1n) is 5.39. The molecular weight excluding hydrogens is 308 g/mol. The molecule has 0 saturated carbocycles. The van der Waals surface area contributed by atoms with Crippen LogP contribution in [0.15, 0.2) is 17.5 Å². The minimum atomic E-state index is -2.75. The lowest BCUT2D eigenvalue weighted by Gasteiger charge is -2.19. The third-order valence-electron chi connectivity index (χ3n) is 3.18. The summed E-state index contributed by atoms with van der Waals surface area (Å²) in [5.41, 5.74) is 0. The highest BCUT2D eigenvalue weighted by Crippen LogP contribution is 2.30. The molecule has 2 rings (SSSR count). The third kappa shape index (κ3) is 3.08. The maximum atomic E-state index is 11.5. The molecule has 1 aromatic rings. The molecule has 1 saturated heterocycles. The Hall–Kier alpha value is 0.130. The lowest BCUT2D eigenvalue weighted by Crippen LogP contribution is -2.19. The van der Waals surface area contributed by atoms with E-state index in [-0.39, 0.29) is 0 Å². The van der Waals surface area contributed by atoms with Crippen molar-refractivity contribution in [3.63, 3.8) is 0 Å². The number of thiophene rings is 1. The summed E-state index contributed by atoms with van der Waals surface area (Å²) >= 11 is 5.27. The van der Waals surface area contributed by atoms with Crippen LogP contribution >= 0.6 is 27.3 Å². The molecule has 5 heteroatoms. The zero-order valence-corrected chi connectivity index (χ0v) is 12.2. The number of halogens is 1. The molecule has 0 N–H and O–H groups in total. The number of rotatable bonds is 4. The van der Waals surface area contributed by atoms with Gasteiger partial charge < -0.3 is 0 Å². The standard InChI is InChI=1S/C11H15BrO2S2/c12-7-10(6-11-2-1-4-15-11)9-3-5-16(13,14)8-9/h1-2,4,9-10H,3,5-8H2. The van der Waals surface area contributed by atoms with Gasteiger partial charge in [0.15, 0.2) is 9.84 Å². The lowest BCUT2D eigenvalue weighted by atomic mass is 9.90. The van der Waals surface area contributed by atoms with E-state index >= 15 is 0 Å². The maximum absolute atomic E-state index is 11.5. The van der Waals surface area contributed by atoms with Crippen molar-refractivity contribution in [3.8, 4) is 0 Å². The van der Waals surface area contributed by atoms with Crippen LogP contribution in [0.4, 0.5) is 0 Å². The Balaban J connectivity index is 2.01. The van der Waals surface area contributed by atoms with E-state index in [9.17, 15) is 8.42 Å². The molecular formula is C11H15BrO2S2. The second kappa shape index (κ2) is 5.19. The first kappa shape index (κ1) is 12.6. The molecule has 2 heterocycles. The highest BCUT2D eigenvalue weighted by molar-refractivity contribution is 9.09. The number of sulfone groups is 1. The van der Waals surface area contributed by atoms with Crippen molar-refractivity contribution in [1.82, 2.24) is 0 Å². The molecule has 16 heavy (non-hydrogen) atoms. The molecule has 90 valence electrons. The van der Waals surface area contributed by atoms with Crippen LogP contribution in [0.5, 0.6) is 0 Å².